The Labute approximate surface area is 116 Å². The van der Waals surface area contributed by atoms with E-state index in [0.29, 0.717) is 5.56 Å². The van der Waals surface area contributed by atoms with Crippen LogP contribution >= 0.6 is 0 Å². The van der Waals surface area contributed by atoms with Crippen molar-refractivity contribution in [2.24, 2.45) is 0 Å². The van der Waals surface area contributed by atoms with Crippen molar-refractivity contribution in [1.82, 2.24) is 5.32 Å². The van der Waals surface area contributed by atoms with E-state index in [1.807, 2.05) is 12.1 Å². The Balaban J connectivity index is 2.20. The lowest BCUT2D eigenvalue weighted by Crippen LogP contribution is -2.21. The van der Waals surface area contributed by atoms with Crippen molar-refractivity contribution in [1.29, 1.82) is 0 Å². The summed E-state index contributed by atoms with van der Waals surface area (Å²) in [5.41, 5.74) is 1.69. The highest BCUT2D eigenvalue weighted by Crippen LogP contribution is 2.16. The molecule has 1 N–H and O–H groups in total. The van der Waals surface area contributed by atoms with Gasteiger partial charge in [-0.15, -0.1) is 0 Å². The second kappa shape index (κ2) is 9.05. The zero-order valence-corrected chi connectivity index (χ0v) is 12.3. The normalized spacial score (nSPS) is 12.6. The van der Waals surface area contributed by atoms with Crippen LogP contribution in [0.15, 0.2) is 18.2 Å². The first-order chi connectivity index (χ1) is 9.15. The number of hydrogen-bond donors (Lipinski definition) is 1. The van der Waals surface area contributed by atoms with Gasteiger partial charge >= 0.3 is 0 Å². The van der Waals surface area contributed by atoms with Gasteiger partial charge in [0.15, 0.2) is 0 Å². The molecule has 0 saturated carbocycles. The van der Waals surface area contributed by atoms with Gasteiger partial charge in [-0.25, -0.2) is 4.39 Å². The van der Waals surface area contributed by atoms with Crippen molar-refractivity contribution in [2.75, 3.05) is 19.8 Å². The summed E-state index contributed by atoms with van der Waals surface area (Å²) in [4.78, 5) is 0. The SMILES string of the molecule is CCCCOCCCNC(C)c1ccc(C)c(F)c1. The monoisotopic (exact) mass is 267 g/mol. The number of halogens is 1. The van der Waals surface area contributed by atoms with Crippen LogP contribution in [0, 0.1) is 12.7 Å². The third kappa shape index (κ3) is 6.17. The highest BCUT2D eigenvalue weighted by Gasteiger charge is 2.06. The summed E-state index contributed by atoms with van der Waals surface area (Å²) in [7, 11) is 0. The largest absolute Gasteiger partial charge is 0.381 e. The average molecular weight is 267 g/mol. The van der Waals surface area contributed by atoms with Gasteiger partial charge in [0.1, 0.15) is 5.82 Å². The van der Waals surface area contributed by atoms with Gasteiger partial charge in [0, 0.05) is 19.3 Å². The smallest absolute Gasteiger partial charge is 0.126 e. The van der Waals surface area contributed by atoms with Crippen LogP contribution in [-0.2, 0) is 4.74 Å². The highest BCUT2D eigenvalue weighted by molar-refractivity contribution is 5.25. The third-order valence-corrected chi connectivity index (χ3v) is 3.25. The van der Waals surface area contributed by atoms with Gasteiger partial charge in [0.05, 0.1) is 0 Å². The van der Waals surface area contributed by atoms with Gasteiger partial charge in [-0.2, -0.15) is 0 Å². The molecule has 108 valence electrons. The molecule has 0 heterocycles. The van der Waals surface area contributed by atoms with Crippen LogP contribution in [0.25, 0.3) is 0 Å². The molecule has 3 heteroatoms. The zero-order valence-electron chi connectivity index (χ0n) is 12.3. The molecule has 0 spiro atoms. The van der Waals surface area contributed by atoms with Crippen LogP contribution < -0.4 is 5.32 Å². The maximum absolute atomic E-state index is 13.5. The number of unbranched alkanes of at least 4 members (excludes halogenated alkanes) is 1. The molecular formula is C16H26FNO. The van der Waals surface area contributed by atoms with E-state index in [1.165, 1.54) is 6.42 Å². The van der Waals surface area contributed by atoms with Crippen molar-refractivity contribution < 1.29 is 9.13 Å². The number of benzene rings is 1. The minimum Gasteiger partial charge on any atom is -0.381 e. The molecule has 0 bridgehead atoms. The quantitative estimate of drug-likeness (QED) is 0.683. The number of nitrogens with one attached hydrogen (secondary N) is 1. The summed E-state index contributed by atoms with van der Waals surface area (Å²) in [5, 5.41) is 3.39. The average Bonchev–Trinajstić information content (AvgIpc) is 2.40. The van der Waals surface area contributed by atoms with E-state index < -0.39 is 0 Å². The number of rotatable bonds is 9. The van der Waals surface area contributed by atoms with Gasteiger partial charge in [-0.3, -0.25) is 0 Å². The number of ether oxygens (including phenoxy) is 1. The molecule has 1 unspecified atom stereocenters. The molecule has 0 fully saturated rings. The van der Waals surface area contributed by atoms with Crippen LogP contribution in [-0.4, -0.2) is 19.8 Å². The van der Waals surface area contributed by atoms with Gasteiger partial charge in [0.25, 0.3) is 0 Å². The van der Waals surface area contributed by atoms with Gasteiger partial charge in [-0.05, 0) is 50.4 Å². The van der Waals surface area contributed by atoms with Crippen LogP contribution in [0.3, 0.4) is 0 Å². The van der Waals surface area contributed by atoms with E-state index in [-0.39, 0.29) is 11.9 Å². The fourth-order valence-corrected chi connectivity index (χ4v) is 1.84. The second-order valence-corrected chi connectivity index (χ2v) is 5.00. The predicted molar refractivity (Wildman–Crippen MR) is 77.9 cm³/mol. The molecule has 2 nitrogen and oxygen atoms in total. The lowest BCUT2D eigenvalue weighted by atomic mass is 10.1. The van der Waals surface area contributed by atoms with Crippen LogP contribution in [0.2, 0.25) is 0 Å². The topological polar surface area (TPSA) is 21.3 Å². The molecule has 0 aliphatic rings. The first-order valence-corrected chi connectivity index (χ1v) is 7.22. The lowest BCUT2D eigenvalue weighted by molar-refractivity contribution is 0.128. The summed E-state index contributed by atoms with van der Waals surface area (Å²) >= 11 is 0. The maximum atomic E-state index is 13.5. The molecule has 0 aliphatic carbocycles. The van der Waals surface area contributed by atoms with Crippen LogP contribution in [0.5, 0.6) is 0 Å². The van der Waals surface area contributed by atoms with E-state index in [9.17, 15) is 4.39 Å². The number of aryl methyl sites for hydroxylation is 1. The number of hydrogen-bond acceptors (Lipinski definition) is 2. The molecular weight excluding hydrogens is 241 g/mol. The molecule has 1 aromatic rings. The van der Waals surface area contributed by atoms with Crippen molar-refractivity contribution in [3.63, 3.8) is 0 Å². The second-order valence-electron chi connectivity index (χ2n) is 5.00. The maximum Gasteiger partial charge on any atom is 0.126 e. The standard InChI is InChI=1S/C16H26FNO/c1-4-5-10-19-11-6-9-18-14(3)15-8-7-13(2)16(17)12-15/h7-8,12,14,18H,4-6,9-11H2,1-3H3. The summed E-state index contributed by atoms with van der Waals surface area (Å²) in [6, 6.07) is 5.60. The summed E-state index contributed by atoms with van der Waals surface area (Å²) in [5.74, 6) is -0.131. The predicted octanol–water partition coefficient (Wildman–Crippen LogP) is 3.99. The zero-order chi connectivity index (χ0) is 14.1. The molecule has 0 radical (unpaired) electrons. The fourth-order valence-electron chi connectivity index (χ4n) is 1.84. The molecule has 0 amide bonds. The first-order valence-electron chi connectivity index (χ1n) is 7.22. The summed E-state index contributed by atoms with van der Waals surface area (Å²) in [6.45, 7) is 8.54. The molecule has 0 aliphatic heterocycles. The summed E-state index contributed by atoms with van der Waals surface area (Å²) in [6.07, 6.45) is 3.29. The Morgan fingerprint density at radius 2 is 2.00 bits per heavy atom. The Bertz CT molecular complexity index is 368. The fraction of sp³-hybridized carbons (Fsp3) is 0.625. The van der Waals surface area contributed by atoms with Crippen LogP contribution in [0.1, 0.15) is 50.3 Å². The third-order valence-electron chi connectivity index (χ3n) is 3.25. The molecule has 0 saturated heterocycles. The Hall–Kier alpha value is -0.930. The van der Waals surface area contributed by atoms with Crippen molar-refractivity contribution in [3.8, 4) is 0 Å². The van der Waals surface area contributed by atoms with E-state index in [4.69, 9.17) is 4.74 Å². The molecule has 19 heavy (non-hydrogen) atoms. The van der Waals surface area contributed by atoms with Crippen molar-refractivity contribution in [2.45, 2.75) is 46.1 Å². The minimum absolute atomic E-state index is 0.131. The summed E-state index contributed by atoms with van der Waals surface area (Å²) < 4.78 is 18.9. The van der Waals surface area contributed by atoms with Gasteiger partial charge in [-0.1, -0.05) is 25.5 Å². The van der Waals surface area contributed by atoms with Gasteiger partial charge < -0.3 is 10.1 Å². The Morgan fingerprint density at radius 1 is 1.26 bits per heavy atom. The lowest BCUT2D eigenvalue weighted by Gasteiger charge is -2.15. The molecule has 1 rings (SSSR count). The first kappa shape index (κ1) is 16.1. The molecule has 1 atom stereocenters. The minimum atomic E-state index is -0.131. The Kier molecular flexibility index (Phi) is 7.68. The van der Waals surface area contributed by atoms with E-state index in [0.717, 1.165) is 38.2 Å². The van der Waals surface area contributed by atoms with E-state index >= 15 is 0 Å². The Morgan fingerprint density at radius 3 is 2.68 bits per heavy atom. The van der Waals surface area contributed by atoms with Gasteiger partial charge in [0.2, 0.25) is 0 Å². The van der Waals surface area contributed by atoms with Crippen molar-refractivity contribution in [3.05, 3.63) is 35.1 Å². The van der Waals surface area contributed by atoms with Crippen molar-refractivity contribution >= 4 is 0 Å². The molecule has 1 aromatic carbocycles. The van der Waals surface area contributed by atoms with E-state index in [2.05, 4.69) is 19.2 Å². The molecule has 0 aromatic heterocycles. The van der Waals surface area contributed by atoms with E-state index in [1.54, 1.807) is 13.0 Å². The highest BCUT2D eigenvalue weighted by atomic mass is 19.1. The van der Waals surface area contributed by atoms with Crippen LogP contribution in [0.4, 0.5) is 4.39 Å².